The first kappa shape index (κ1) is 13.0. The highest BCUT2D eigenvalue weighted by atomic mass is 19.4. The highest BCUT2D eigenvalue weighted by molar-refractivity contribution is 4.95. The van der Waals surface area contributed by atoms with E-state index in [9.17, 15) is 13.2 Å². The van der Waals surface area contributed by atoms with E-state index < -0.39 is 18.6 Å². The molecule has 0 aliphatic carbocycles. The number of aromatic nitrogens is 2. The van der Waals surface area contributed by atoms with Crippen LogP contribution >= 0.6 is 0 Å². The molecule has 0 fully saturated rings. The summed E-state index contributed by atoms with van der Waals surface area (Å²) in [4.78, 5) is 4.06. The van der Waals surface area contributed by atoms with Crippen molar-refractivity contribution in [3.63, 3.8) is 0 Å². The fourth-order valence-corrected chi connectivity index (χ4v) is 1.59. The first-order valence-corrected chi connectivity index (χ1v) is 5.20. The Morgan fingerprint density at radius 3 is 2.69 bits per heavy atom. The molecule has 1 unspecified atom stereocenters. The van der Waals surface area contributed by atoms with Crippen LogP contribution in [0.5, 0.6) is 0 Å². The monoisotopic (exact) mass is 235 g/mol. The number of imidazole rings is 1. The molecule has 0 aliphatic rings. The number of nitrogens with one attached hydrogen (secondary N) is 1. The fraction of sp³-hybridized carbons (Fsp3) is 0.700. The van der Waals surface area contributed by atoms with Crippen LogP contribution in [0.2, 0.25) is 0 Å². The molecule has 0 saturated heterocycles. The zero-order chi connectivity index (χ0) is 12.2. The van der Waals surface area contributed by atoms with Crippen LogP contribution in [-0.4, -0.2) is 28.8 Å². The molecule has 0 bridgehead atoms. The lowest BCUT2D eigenvalue weighted by atomic mass is 10.1. The minimum atomic E-state index is -4.14. The maximum atomic E-state index is 12.2. The molecule has 0 aliphatic heterocycles. The Morgan fingerprint density at radius 2 is 2.19 bits per heavy atom. The van der Waals surface area contributed by atoms with Crippen LogP contribution in [0.3, 0.4) is 0 Å². The van der Waals surface area contributed by atoms with Gasteiger partial charge < -0.3 is 9.88 Å². The van der Waals surface area contributed by atoms with Crippen molar-refractivity contribution < 1.29 is 13.2 Å². The number of alkyl halides is 3. The van der Waals surface area contributed by atoms with E-state index in [1.54, 1.807) is 12.4 Å². The van der Waals surface area contributed by atoms with Crippen LogP contribution in [0.1, 0.15) is 19.2 Å². The third kappa shape index (κ3) is 3.84. The molecule has 0 spiro atoms. The quantitative estimate of drug-likeness (QED) is 0.845. The van der Waals surface area contributed by atoms with Gasteiger partial charge in [0.05, 0.1) is 6.42 Å². The zero-order valence-corrected chi connectivity index (χ0v) is 9.38. The van der Waals surface area contributed by atoms with Crippen molar-refractivity contribution in [1.82, 2.24) is 14.9 Å². The average molecular weight is 235 g/mol. The van der Waals surface area contributed by atoms with Crippen molar-refractivity contribution in [3.8, 4) is 0 Å². The lowest BCUT2D eigenvalue weighted by Crippen LogP contribution is -2.33. The van der Waals surface area contributed by atoms with Gasteiger partial charge in [0.1, 0.15) is 5.82 Å². The minimum Gasteiger partial charge on any atom is -0.335 e. The summed E-state index contributed by atoms with van der Waals surface area (Å²) in [7, 11) is 1.54. The molecule has 6 heteroatoms. The average Bonchev–Trinajstić information content (AvgIpc) is 2.62. The molecule has 1 aromatic heterocycles. The van der Waals surface area contributed by atoms with Gasteiger partial charge in [-0.05, 0) is 14.0 Å². The SMILES string of the molecule is CCn1ccnc1CC(CC(F)(F)F)NC. The fourth-order valence-electron chi connectivity index (χ4n) is 1.59. The maximum Gasteiger partial charge on any atom is 0.390 e. The largest absolute Gasteiger partial charge is 0.390 e. The molecule has 0 radical (unpaired) electrons. The summed E-state index contributed by atoms with van der Waals surface area (Å²) < 4.78 is 38.6. The van der Waals surface area contributed by atoms with Crippen LogP contribution in [0.15, 0.2) is 12.4 Å². The van der Waals surface area contributed by atoms with Crippen molar-refractivity contribution in [2.24, 2.45) is 0 Å². The highest BCUT2D eigenvalue weighted by Crippen LogP contribution is 2.22. The standard InChI is InChI=1S/C10H16F3N3/c1-3-16-5-4-15-9(16)6-8(14-2)7-10(11,12)13/h4-5,8,14H,3,6-7H2,1-2H3. The van der Waals surface area contributed by atoms with E-state index in [0.29, 0.717) is 5.82 Å². The molecule has 0 aromatic carbocycles. The summed E-state index contributed by atoms with van der Waals surface area (Å²) in [6.07, 6.45) is -1.30. The van der Waals surface area contributed by atoms with E-state index in [0.717, 1.165) is 6.54 Å². The lowest BCUT2D eigenvalue weighted by Gasteiger charge is -2.18. The number of hydrogen-bond acceptors (Lipinski definition) is 2. The van der Waals surface area contributed by atoms with E-state index >= 15 is 0 Å². The van der Waals surface area contributed by atoms with Crippen LogP contribution in [0, 0.1) is 0 Å². The molecule has 1 aromatic rings. The molecule has 92 valence electrons. The molecule has 1 atom stereocenters. The Kier molecular flexibility index (Phi) is 4.35. The first-order valence-electron chi connectivity index (χ1n) is 5.20. The maximum absolute atomic E-state index is 12.2. The third-order valence-electron chi connectivity index (χ3n) is 2.46. The number of hydrogen-bond donors (Lipinski definition) is 1. The summed E-state index contributed by atoms with van der Waals surface area (Å²) in [6, 6.07) is -0.618. The Morgan fingerprint density at radius 1 is 1.50 bits per heavy atom. The predicted molar refractivity (Wildman–Crippen MR) is 55.1 cm³/mol. The summed E-state index contributed by atoms with van der Waals surface area (Å²) in [5, 5.41) is 2.67. The zero-order valence-electron chi connectivity index (χ0n) is 9.38. The van der Waals surface area contributed by atoms with Gasteiger partial charge in [-0.15, -0.1) is 0 Å². The summed E-state index contributed by atoms with van der Waals surface area (Å²) >= 11 is 0. The minimum absolute atomic E-state index is 0.289. The van der Waals surface area contributed by atoms with Gasteiger partial charge in [-0.25, -0.2) is 4.98 Å². The number of rotatable bonds is 5. The van der Waals surface area contributed by atoms with Crippen molar-refractivity contribution >= 4 is 0 Å². The topological polar surface area (TPSA) is 29.9 Å². The van der Waals surface area contributed by atoms with Crippen molar-refractivity contribution in [2.75, 3.05) is 7.05 Å². The molecule has 1 heterocycles. The lowest BCUT2D eigenvalue weighted by molar-refractivity contribution is -0.139. The molecule has 1 N–H and O–H groups in total. The Hall–Kier alpha value is -1.04. The third-order valence-corrected chi connectivity index (χ3v) is 2.46. The van der Waals surface area contributed by atoms with Crippen molar-refractivity contribution in [3.05, 3.63) is 18.2 Å². The smallest absolute Gasteiger partial charge is 0.335 e. The second-order valence-corrected chi connectivity index (χ2v) is 3.64. The Balaban J connectivity index is 2.63. The first-order chi connectivity index (χ1) is 7.46. The molecule has 1 rings (SSSR count). The second kappa shape index (κ2) is 5.34. The van der Waals surface area contributed by atoms with Crippen molar-refractivity contribution in [2.45, 2.75) is 38.5 Å². The van der Waals surface area contributed by atoms with Crippen LogP contribution in [0.25, 0.3) is 0 Å². The van der Waals surface area contributed by atoms with Gasteiger partial charge >= 0.3 is 6.18 Å². The van der Waals surface area contributed by atoms with E-state index in [4.69, 9.17) is 0 Å². The number of halogens is 3. The summed E-state index contributed by atoms with van der Waals surface area (Å²) in [5.41, 5.74) is 0. The van der Waals surface area contributed by atoms with Crippen LogP contribution in [0.4, 0.5) is 13.2 Å². The van der Waals surface area contributed by atoms with E-state index in [1.807, 2.05) is 11.5 Å². The van der Waals surface area contributed by atoms with E-state index in [-0.39, 0.29) is 6.42 Å². The highest BCUT2D eigenvalue weighted by Gasteiger charge is 2.31. The van der Waals surface area contributed by atoms with Gasteiger partial charge in [-0.1, -0.05) is 0 Å². The van der Waals surface area contributed by atoms with E-state index in [1.165, 1.54) is 7.05 Å². The van der Waals surface area contributed by atoms with Gasteiger partial charge in [0.15, 0.2) is 0 Å². The van der Waals surface area contributed by atoms with Crippen molar-refractivity contribution in [1.29, 1.82) is 0 Å². The van der Waals surface area contributed by atoms with Gasteiger partial charge in [0.25, 0.3) is 0 Å². The predicted octanol–water partition coefficient (Wildman–Crippen LogP) is 1.99. The molecular formula is C10H16F3N3. The molecular weight excluding hydrogens is 219 g/mol. The summed E-state index contributed by atoms with van der Waals surface area (Å²) in [5.74, 6) is 0.686. The van der Waals surface area contributed by atoms with Gasteiger partial charge in [0, 0.05) is 31.4 Å². The van der Waals surface area contributed by atoms with Gasteiger partial charge in [-0.2, -0.15) is 13.2 Å². The molecule has 0 amide bonds. The molecule has 3 nitrogen and oxygen atoms in total. The molecule has 0 saturated carbocycles. The summed E-state index contributed by atoms with van der Waals surface area (Å²) in [6.45, 7) is 2.65. The van der Waals surface area contributed by atoms with E-state index in [2.05, 4.69) is 10.3 Å². The Bertz CT molecular complexity index is 319. The number of likely N-dealkylation sites (N-methyl/N-ethyl adjacent to an activating group) is 1. The van der Waals surface area contributed by atoms with Crippen LogP contribution < -0.4 is 5.32 Å². The van der Waals surface area contributed by atoms with Crippen LogP contribution in [-0.2, 0) is 13.0 Å². The van der Waals surface area contributed by atoms with Gasteiger partial charge in [0.2, 0.25) is 0 Å². The number of nitrogens with zero attached hydrogens (tertiary/aromatic N) is 2. The Labute approximate surface area is 92.7 Å². The normalized spacial score (nSPS) is 14.1. The number of aryl methyl sites for hydroxylation is 1. The molecule has 16 heavy (non-hydrogen) atoms. The second-order valence-electron chi connectivity index (χ2n) is 3.64. The van der Waals surface area contributed by atoms with Gasteiger partial charge in [-0.3, -0.25) is 0 Å².